The van der Waals surface area contributed by atoms with Crippen molar-refractivity contribution in [3.05, 3.63) is 60.2 Å². The van der Waals surface area contributed by atoms with Gasteiger partial charge in [0.05, 0.1) is 11.7 Å². The number of halogens is 1. The fourth-order valence-electron chi connectivity index (χ4n) is 3.33. The Balaban J connectivity index is 1.75. The van der Waals surface area contributed by atoms with Crippen LogP contribution in [0.25, 0.3) is 11.0 Å². The van der Waals surface area contributed by atoms with Gasteiger partial charge in [-0.05, 0) is 55.0 Å². The van der Waals surface area contributed by atoms with E-state index in [0.29, 0.717) is 11.9 Å². The SMILES string of the molecule is CCCC(CC(CC)c1ccc(F)cc1)Nc1ncc2ncccc2n1. The van der Waals surface area contributed by atoms with Crippen molar-refractivity contribution in [2.24, 2.45) is 0 Å². The van der Waals surface area contributed by atoms with Gasteiger partial charge in [-0.15, -0.1) is 0 Å². The number of hydrogen-bond donors (Lipinski definition) is 1. The molecule has 0 bridgehead atoms. The third-order valence-electron chi connectivity index (χ3n) is 4.73. The van der Waals surface area contributed by atoms with Gasteiger partial charge in [0.15, 0.2) is 0 Å². The Hall–Kier alpha value is -2.56. The third-order valence-corrected chi connectivity index (χ3v) is 4.73. The summed E-state index contributed by atoms with van der Waals surface area (Å²) in [6, 6.07) is 11.0. The Bertz CT molecular complexity index is 835. The highest BCUT2D eigenvalue weighted by molar-refractivity contribution is 5.73. The van der Waals surface area contributed by atoms with E-state index in [4.69, 9.17) is 0 Å². The predicted molar refractivity (Wildman–Crippen MR) is 104 cm³/mol. The minimum absolute atomic E-state index is 0.190. The lowest BCUT2D eigenvalue weighted by molar-refractivity contribution is 0.507. The van der Waals surface area contributed by atoms with Gasteiger partial charge in [-0.2, -0.15) is 0 Å². The standard InChI is InChI=1S/C21H25FN4/c1-3-6-18(13-15(4-2)16-8-10-17(22)11-9-16)25-21-24-14-20-19(26-21)7-5-12-23-20/h5,7-12,14-15,18H,3-4,6,13H2,1-2H3,(H,24,25,26). The molecule has 3 aromatic rings. The summed E-state index contributed by atoms with van der Waals surface area (Å²) in [5, 5.41) is 3.49. The highest BCUT2D eigenvalue weighted by Crippen LogP contribution is 2.27. The summed E-state index contributed by atoms with van der Waals surface area (Å²) < 4.78 is 13.2. The van der Waals surface area contributed by atoms with Gasteiger partial charge < -0.3 is 5.32 Å². The van der Waals surface area contributed by atoms with Crippen LogP contribution in [0.2, 0.25) is 0 Å². The molecule has 136 valence electrons. The molecule has 0 aliphatic rings. The van der Waals surface area contributed by atoms with Crippen molar-refractivity contribution in [1.82, 2.24) is 15.0 Å². The van der Waals surface area contributed by atoms with Gasteiger partial charge >= 0.3 is 0 Å². The Labute approximate surface area is 153 Å². The van der Waals surface area contributed by atoms with E-state index in [1.165, 1.54) is 5.56 Å². The van der Waals surface area contributed by atoms with Crippen LogP contribution in [0.15, 0.2) is 48.8 Å². The number of aromatic nitrogens is 3. The van der Waals surface area contributed by atoms with E-state index in [1.54, 1.807) is 24.5 Å². The molecule has 5 heteroatoms. The smallest absolute Gasteiger partial charge is 0.223 e. The molecule has 0 fully saturated rings. The second-order valence-corrected chi connectivity index (χ2v) is 6.62. The fraction of sp³-hybridized carbons (Fsp3) is 0.381. The average molecular weight is 352 g/mol. The van der Waals surface area contributed by atoms with Crippen molar-refractivity contribution < 1.29 is 4.39 Å². The maximum absolute atomic E-state index is 13.2. The van der Waals surface area contributed by atoms with E-state index < -0.39 is 0 Å². The molecule has 0 saturated carbocycles. The van der Waals surface area contributed by atoms with Gasteiger partial charge in [-0.3, -0.25) is 4.98 Å². The average Bonchev–Trinajstić information content (AvgIpc) is 2.67. The molecule has 2 heterocycles. The lowest BCUT2D eigenvalue weighted by atomic mass is 9.88. The van der Waals surface area contributed by atoms with Crippen molar-refractivity contribution in [1.29, 1.82) is 0 Å². The first-order valence-electron chi connectivity index (χ1n) is 9.29. The van der Waals surface area contributed by atoms with Crippen molar-refractivity contribution in [3.8, 4) is 0 Å². The molecule has 0 amide bonds. The molecule has 2 unspecified atom stereocenters. The van der Waals surface area contributed by atoms with Crippen LogP contribution in [0, 0.1) is 5.82 Å². The molecule has 0 aliphatic carbocycles. The highest BCUT2D eigenvalue weighted by atomic mass is 19.1. The molecule has 1 aromatic carbocycles. The van der Waals surface area contributed by atoms with E-state index in [0.717, 1.165) is 36.7 Å². The Morgan fingerprint density at radius 1 is 1.04 bits per heavy atom. The maximum atomic E-state index is 13.2. The van der Waals surface area contributed by atoms with Crippen LogP contribution in [-0.4, -0.2) is 21.0 Å². The van der Waals surface area contributed by atoms with Gasteiger partial charge in [-0.1, -0.05) is 32.4 Å². The van der Waals surface area contributed by atoms with Crippen molar-refractivity contribution in [2.75, 3.05) is 5.32 Å². The second-order valence-electron chi connectivity index (χ2n) is 6.62. The van der Waals surface area contributed by atoms with Crippen LogP contribution in [0.4, 0.5) is 10.3 Å². The Morgan fingerprint density at radius 2 is 1.85 bits per heavy atom. The van der Waals surface area contributed by atoms with E-state index in [1.807, 2.05) is 24.3 Å². The normalized spacial score (nSPS) is 13.5. The Morgan fingerprint density at radius 3 is 2.58 bits per heavy atom. The molecular formula is C21H25FN4. The number of benzene rings is 1. The van der Waals surface area contributed by atoms with E-state index >= 15 is 0 Å². The van der Waals surface area contributed by atoms with Crippen LogP contribution < -0.4 is 5.32 Å². The summed E-state index contributed by atoms with van der Waals surface area (Å²) in [5.41, 5.74) is 2.81. The zero-order chi connectivity index (χ0) is 18.4. The van der Waals surface area contributed by atoms with Gasteiger partial charge in [0, 0.05) is 12.2 Å². The van der Waals surface area contributed by atoms with Crippen LogP contribution in [0.3, 0.4) is 0 Å². The van der Waals surface area contributed by atoms with Crippen LogP contribution in [-0.2, 0) is 0 Å². The summed E-state index contributed by atoms with van der Waals surface area (Å²) in [7, 11) is 0. The highest BCUT2D eigenvalue weighted by Gasteiger charge is 2.17. The molecule has 0 radical (unpaired) electrons. The van der Waals surface area contributed by atoms with Crippen molar-refractivity contribution in [2.45, 2.75) is 51.5 Å². The molecule has 2 atom stereocenters. The van der Waals surface area contributed by atoms with E-state index in [9.17, 15) is 4.39 Å². The quantitative estimate of drug-likeness (QED) is 0.595. The topological polar surface area (TPSA) is 50.7 Å². The minimum atomic E-state index is -0.190. The summed E-state index contributed by atoms with van der Waals surface area (Å²) in [6.07, 6.45) is 7.58. The fourth-order valence-corrected chi connectivity index (χ4v) is 3.33. The number of hydrogen-bond acceptors (Lipinski definition) is 4. The monoisotopic (exact) mass is 352 g/mol. The van der Waals surface area contributed by atoms with Crippen molar-refractivity contribution >= 4 is 17.0 Å². The molecule has 3 rings (SSSR count). The number of nitrogens with one attached hydrogen (secondary N) is 1. The first-order valence-corrected chi connectivity index (χ1v) is 9.29. The number of nitrogens with zero attached hydrogens (tertiary/aromatic N) is 3. The van der Waals surface area contributed by atoms with Crippen LogP contribution in [0.1, 0.15) is 51.0 Å². The number of rotatable bonds is 8. The number of pyridine rings is 1. The molecule has 0 saturated heterocycles. The second kappa shape index (κ2) is 8.70. The van der Waals surface area contributed by atoms with Crippen LogP contribution in [0.5, 0.6) is 0 Å². The van der Waals surface area contributed by atoms with E-state index in [2.05, 4.69) is 34.1 Å². The largest absolute Gasteiger partial charge is 0.351 e. The number of fused-ring (bicyclic) bond motifs is 1. The zero-order valence-electron chi connectivity index (χ0n) is 15.3. The molecule has 26 heavy (non-hydrogen) atoms. The van der Waals surface area contributed by atoms with Gasteiger partial charge in [0.2, 0.25) is 5.95 Å². The first-order chi connectivity index (χ1) is 12.7. The molecule has 2 aromatic heterocycles. The maximum Gasteiger partial charge on any atom is 0.223 e. The molecule has 0 aliphatic heterocycles. The molecule has 4 nitrogen and oxygen atoms in total. The van der Waals surface area contributed by atoms with Gasteiger partial charge in [-0.25, -0.2) is 14.4 Å². The molecule has 1 N–H and O–H groups in total. The summed E-state index contributed by atoms with van der Waals surface area (Å²) in [4.78, 5) is 13.3. The summed E-state index contributed by atoms with van der Waals surface area (Å²) in [5.74, 6) is 0.824. The molecular weight excluding hydrogens is 327 g/mol. The summed E-state index contributed by atoms with van der Waals surface area (Å²) >= 11 is 0. The lowest BCUT2D eigenvalue weighted by Crippen LogP contribution is -2.23. The Kier molecular flexibility index (Phi) is 6.10. The van der Waals surface area contributed by atoms with Gasteiger partial charge in [0.25, 0.3) is 0 Å². The minimum Gasteiger partial charge on any atom is -0.351 e. The predicted octanol–water partition coefficient (Wildman–Crippen LogP) is 5.33. The number of anilines is 1. The van der Waals surface area contributed by atoms with Crippen molar-refractivity contribution in [3.63, 3.8) is 0 Å². The van der Waals surface area contributed by atoms with Crippen LogP contribution >= 0.6 is 0 Å². The third kappa shape index (κ3) is 4.54. The van der Waals surface area contributed by atoms with Gasteiger partial charge in [0.1, 0.15) is 11.3 Å². The summed E-state index contributed by atoms with van der Waals surface area (Å²) in [6.45, 7) is 4.36. The van der Waals surface area contributed by atoms with E-state index in [-0.39, 0.29) is 11.9 Å². The lowest BCUT2D eigenvalue weighted by Gasteiger charge is -2.24. The molecule has 0 spiro atoms. The zero-order valence-corrected chi connectivity index (χ0v) is 15.3. The first kappa shape index (κ1) is 18.2.